The van der Waals surface area contributed by atoms with Gasteiger partial charge in [0, 0.05) is 16.8 Å². The summed E-state index contributed by atoms with van der Waals surface area (Å²) in [5.41, 5.74) is -0.325. The zero-order chi connectivity index (χ0) is 23.2. The Bertz CT molecular complexity index is 847. The minimum Gasteiger partial charge on any atom is -0.497 e. The summed E-state index contributed by atoms with van der Waals surface area (Å²) in [6, 6.07) is 7.25. The van der Waals surface area contributed by atoms with Crippen LogP contribution >= 0.6 is 0 Å². The van der Waals surface area contributed by atoms with Gasteiger partial charge >= 0.3 is 0 Å². The topological polar surface area (TPSA) is 78.7 Å². The van der Waals surface area contributed by atoms with Gasteiger partial charge in [-0.05, 0) is 67.9 Å². The van der Waals surface area contributed by atoms with Crippen LogP contribution in [0.2, 0.25) is 19.6 Å². The van der Waals surface area contributed by atoms with Crippen molar-refractivity contribution < 1.29 is 18.9 Å². The molecular weight excluding hydrogens is 410 g/mol. The molecule has 0 heterocycles. The van der Waals surface area contributed by atoms with E-state index in [1.165, 1.54) is 0 Å². The SMILES string of the molecule is COc1ccc(C(CC(=O)C2(O[Si](C)(C)C)CC3CCC2(C)C3(C)C)C[N+](=O)[O-])cc1. The van der Waals surface area contributed by atoms with Crippen LogP contribution in [0.4, 0.5) is 0 Å². The first kappa shape index (κ1) is 23.9. The van der Waals surface area contributed by atoms with Gasteiger partial charge in [0.25, 0.3) is 0 Å². The predicted octanol–water partition coefficient (Wildman–Crippen LogP) is 5.45. The van der Waals surface area contributed by atoms with Crippen LogP contribution in [0.15, 0.2) is 24.3 Å². The Labute approximate surface area is 187 Å². The van der Waals surface area contributed by atoms with Crippen LogP contribution < -0.4 is 4.74 Å². The van der Waals surface area contributed by atoms with Crippen molar-refractivity contribution in [3.63, 3.8) is 0 Å². The van der Waals surface area contributed by atoms with Gasteiger partial charge in [0.15, 0.2) is 14.1 Å². The number of nitro groups is 1. The molecule has 2 aliphatic carbocycles. The van der Waals surface area contributed by atoms with Gasteiger partial charge in [-0.15, -0.1) is 0 Å². The third-order valence-corrected chi connectivity index (χ3v) is 9.14. The van der Waals surface area contributed by atoms with E-state index in [1.54, 1.807) is 19.2 Å². The van der Waals surface area contributed by atoms with Crippen molar-refractivity contribution >= 4 is 14.1 Å². The molecule has 6 nitrogen and oxygen atoms in total. The van der Waals surface area contributed by atoms with Gasteiger partial charge in [-0.1, -0.05) is 32.9 Å². The second-order valence-electron chi connectivity index (χ2n) is 11.1. The third kappa shape index (κ3) is 4.06. The lowest BCUT2D eigenvalue weighted by Crippen LogP contribution is -2.59. The molecule has 4 atom stereocenters. The highest BCUT2D eigenvalue weighted by molar-refractivity contribution is 6.70. The summed E-state index contributed by atoms with van der Waals surface area (Å²) in [6.07, 6.45) is 2.93. The van der Waals surface area contributed by atoms with Crippen LogP contribution in [-0.2, 0) is 9.22 Å². The number of benzene rings is 1. The van der Waals surface area contributed by atoms with E-state index in [0.29, 0.717) is 11.7 Å². The van der Waals surface area contributed by atoms with E-state index in [-0.39, 0.29) is 34.5 Å². The summed E-state index contributed by atoms with van der Waals surface area (Å²) in [7, 11) is -0.465. The Morgan fingerprint density at radius 2 is 1.84 bits per heavy atom. The Morgan fingerprint density at radius 1 is 1.23 bits per heavy atom. The average Bonchev–Trinajstić information content (AvgIpc) is 2.98. The predicted molar refractivity (Wildman–Crippen MR) is 124 cm³/mol. The fourth-order valence-electron chi connectivity index (χ4n) is 6.14. The minimum absolute atomic E-state index is 0.00102. The molecule has 7 heteroatoms. The van der Waals surface area contributed by atoms with E-state index in [2.05, 4.69) is 40.4 Å². The Kier molecular flexibility index (Phi) is 6.17. The second-order valence-corrected chi connectivity index (χ2v) is 15.6. The minimum atomic E-state index is -2.05. The molecule has 1 aromatic rings. The lowest BCUT2D eigenvalue weighted by molar-refractivity contribution is -0.483. The molecule has 1 aromatic carbocycles. The van der Waals surface area contributed by atoms with Gasteiger partial charge < -0.3 is 9.16 Å². The average molecular weight is 448 g/mol. The van der Waals surface area contributed by atoms with Gasteiger partial charge in [0.05, 0.1) is 13.0 Å². The second kappa shape index (κ2) is 8.00. The number of ether oxygens (including phenoxy) is 1. The molecule has 2 fully saturated rings. The van der Waals surface area contributed by atoms with Gasteiger partial charge in [0.2, 0.25) is 6.54 Å². The van der Waals surface area contributed by atoms with E-state index in [0.717, 1.165) is 24.8 Å². The van der Waals surface area contributed by atoms with Gasteiger partial charge in [-0.3, -0.25) is 14.9 Å². The smallest absolute Gasteiger partial charge is 0.211 e. The number of hydrogen-bond acceptors (Lipinski definition) is 5. The summed E-state index contributed by atoms with van der Waals surface area (Å²) in [4.78, 5) is 25.2. The van der Waals surface area contributed by atoms with Crippen LogP contribution in [0, 0.1) is 26.9 Å². The van der Waals surface area contributed by atoms with E-state index >= 15 is 0 Å². The van der Waals surface area contributed by atoms with Crippen LogP contribution in [0.25, 0.3) is 0 Å². The Balaban J connectivity index is 1.98. The molecular formula is C24H37NO5Si. The van der Waals surface area contributed by atoms with Crippen LogP contribution in [0.5, 0.6) is 5.75 Å². The monoisotopic (exact) mass is 447 g/mol. The zero-order valence-corrected chi connectivity index (χ0v) is 21.0. The third-order valence-electron chi connectivity index (χ3n) is 8.18. The molecule has 0 aliphatic heterocycles. The molecule has 0 radical (unpaired) electrons. The Morgan fingerprint density at radius 3 is 2.26 bits per heavy atom. The van der Waals surface area contributed by atoms with Crippen LogP contribution in [-0.4, -0.2) is 38.3 Å². The first-order chi connectivity index (χ1) is 14.3. The van der Waals surface area contributed by atoms with E-state index in [9.17, 15) is 14.9 Å². The molecule has 4 unspecified atom stereocenters. The zero-order valence-electron chi connectivity index (χ0n) is 20.0. The van der Waals surface area contributed by atoms with Crippen molar-refractivity contribution in [1.29, 1.82) is 0 Å². The summed E-state index contributed by atoms with van der Waals surface area (Å²) in [5, 5.41) is 11.5. The molecule has 0 aromatic heterocycles. The fraction of sp³-hybridized carbons (Fsp3) is 0.708. The maximum absolute atomic E-state index is 14.1. The summed E-state index contributed by atoms with van der Waals surface area (Å²) in [5.74, 6) is 0.681. The lowest BCUT2D eigenvalue weighted by atomic mass is 9.62. The van der Waals surface area contributed by atoms with Crippen molar-refractivity contribution in [1.82, 2.24) is 0 Å². The molecule has 0 saturated heterocycles. The number of Topliss-reactive ketones (excluding diaryl/α,β-unsaturated/α-hetero) is 1. The number of fused-ring (bicyclic) bond motifs is 2. The molecule has 172 valence electrons. The van der Waals surface area contributed by atoms with Crippen LogP contribution in [0.3, 0.4) is 0 Å². The van der Waals surface area contributed by atoms with Crippen molar-refractivity contribution in [3.8, 4) is 5.75 Å². The van der Waals surface area contributed by atoms with E-state index in [4.69, 9.17) is 9.16 Å². The molecule has 2 saturated carbocycles. The summed E-state index contributed by atoms with van der Waals surface area (Å²) in [6.45, 7) is 12.9. The number of ketones is 1. The van der Waals surface area contributed by atoms with Crippen molar-refractivity contribution in [3.05, 3.63) is 39.9 Å². The lowest BCUT2D eigenvalue weighted by Gasteiger charge is -2.50. The molecule has 2 bridgehead atoms. The highest BCUT2D eigenvalue weighted by atomic mass is 28.4. The number of carbonyl (C=O) groups excluding carboxylic acids is 1. The van der Waals surface area contributed by atoms with E-state index < -0.39 is 19.8 Å². The largest absolute Gasteiger partial charge is 0.497 e. The Hall–Kier alpha value is -1.73. The van der Waals surface area contributed by atoms with Gasteiger partial charge in [-0.2, -0.15) is 0 Å². The summed E-state index contributed by atoms with van der Waals surface area (Å²) >= 11 is 0. The number of methoxy groups -OCH3 is 1. The normalized spacial score (nSPS) is 30.2. The maximum Gasteiger partial charge on any atom is 0.211 e. The molecule has 0 N–H and O–H groups in total. The number of hydrogen-bond donors (Lipinski definition) is 0. The maximum atomic E-state index is 14.1. The van der Waals surface area contributed by atoms with E-state index in [1.807, 2.05) is 12.1 Å². The first-order valence-corrected chi connectivity index (χ1v) is 14.7. The van der Waals surface area contributed by atoms with Gasteiger partial charge in [0.1, 0.15) is 11.4 Å². The number of nitrogens with zero attached hydrogens (tertiary/aromatic N) is 1. The van der Waals surface area contributed by atoms with Gasteiger partial charge in [-0.25, -0.2) is 0 Å². The molecule has 0 spiro atoms. The fourth-order valence-corrected chi connectivity index (χ4v) is 7.60. The van der Waals surface area contributed by atoms with Crippen molar-refractivity contribution in [2.24, 2.45) is 16.7 Å². The quantitative estimate of drug-likeness (QED) is 0.286. The number of rotatable bonds is 9. The summed E-state index contributed by atoms with van der Waals surface area (Å²) < 4.78 is 12.0. The highest BCUT2D eigenvalue weighted by Crippen LogP contribution is 2.71. The standard InChI is InChI=1S/C24H37NO5Si/c1-22(2)19-12-13-23(22,3)24(15-19,30-31(5,6)7)21(26)14-18(16-25(27)28)17-8-10-20(29-4)11-9-17/h8-11,18-19H,12-16H2,1-7H3. The molecule has 0 amide bonds. The molecule has 31 heavy (non-hydrogen) atoms. The number of carbonyl (C=O) groups is 1. The molecule has 3 rings (SSSR count). The van der Waals surface area contributed by atoms with Crippen molar-refractivity contribution in [2.45, 2.75) is 77.6 Å². The first-order valence-electron chi connectivity index (χ1n) is 11.2. The molecule has 2 aliphatic rings. The van der Waals surface area contributed by atoms with Crippen molar-refractivity contribution in [2.75, 3.05) is 13.7 Å². The van der Waals surface area contributed by atoms with Crippen LogP contribution in [0.1, 0.15) is 57.9 Å². The highest BCUT2D eigenvalue weighted by Gasteiger charge is 2.72.